The van der Waals surface area contributed by atoms with Crippen LogP contribution in [0.4, 0.5) is 0 Å². The monoisotopic (exact) mass is 474 g/mol. The van der Waals surface area contributed by atoms with E-state index >= 15 is 0 Å². The normalized spacial score (nSPS) is 14.0. The van der Waals surface area contributed by atoms with Crippen LogP contribution in [0.3, 0.4) is 0 Å². The number of aliphatic imine (C=N–C) groups is 1. The molecule has 8 heteroatoms. The van der Waals surface area contributed by atoms with Gasteiger partial charge in [0.25, 0.3) is 0 Å². The van der Waals surface area contributed by atoms with Crippen LogP contribution in [0.1, 0.15) is 46.9 Å². The lowest BCUT2D eigenvalue weighted by atomic mass is 10.2. The summed E-state index contributed by atoms with van der Waals surface area (Å²) in [5.74, 6) is 2.04. The maximum atomic E-state index is 4.71. The highest BCUT2D eigenvalue weighted by Crippen LogP contribution is 2.17. The van der Waals surface area contributed by atoms with Gasteiger partial charge < -0.3 is 15.2 Å². The molecule has 3 rings (SSSR count). The third kappa shape index (κ3) is 5.40. The lowest BCUT2D eigenvalue weighted by Crippen LogP contribution is -2.36. The second kappa shape index (κ2) is 9.51. The van der Waals surface area contributed by atoms with Gasteiger partial charge in [-0.25, -0.2) is 15.0 Å². The second-order valence-electron chi connectivity index (χ2n) is 6.09. The first-order chi connectivity index (χ1) is 11.7. The van der Waals surface area contributed by atoms with E-state index in [1.165, 1.54) is 23.5 Å². The molecule has 0 saturated carbocycles. The molecule has 0 aromatic carbocycles. The van der Waals surface area contributed by atoms with Crippen molar-refractivity contribution in [2.75, 3.05) is 6.54 Å². The van der Waals surface area contributed by atoms with Crippen LogP contribution in [0, 0.1) is 13.8 Å². The number of nitrogens with zero attached hydrogens (tertiary/aromatic N) is 4. The van der Waals surface area contributed by atoms with Crippen LogP contribution < -0.4 is 10.6 Å². The molecule has 0 radical (unpaired) electrons. The first-order valence-electron chi connectivity index (χ1n) is 8.65. The molecule has 1 aliphatic rings. The molecule has 2 aromatic heterocycles. The molecule has 3 heterocycles. The van der Waals surface area contributed by atoms with E-state index in [1.807, 2.05) is 6.92 Å². The number of hydrogen-bond donors (Lipinski definition) is 2. The third-order valence-corrected chi connectivity index (χ3v) is 5.19. The number of aromatic nitrogens is 3. The molecule has 0 amide bonds. The van der Waals surface area contributed by atoms with Gasteiger partial charge in [0.2, 0.25) is 0 Å². The summed E-state index contributed by atoms with van der Waals surface area (Å²) < 4.78 is 2.28. The number of rotatable bonds is 5. The fraction of sp³-hybridized carbons (Fsp3) is 0.588. The molecule has 2 N–H and O–H groups in total. The molecule has 0 unspecified atom stereocenters. The summed E-state index contributed by atoms with van der Waals surface area (Å²) in [6.07, 6.45) is 5.74. The number of guanidine groups is 1. The summed E-state index contributed by atoms with van der Waals surface area (Å²) >= 11 is 1.74. The van der Waals surface area contributed by atoms with Crippen molar-refractivity contribution in [3.8, 4) is 0 Å². The first kappa shape index (κ1) is 20.2. The van der Waals surface area contributed by atoms with Crippen molar-refractivity contribution in [1.82, 2.24) is 25.2 Å². The lowest BCUT2D eigenvalue weighted by molar-refractivity contribution is 0.522. The Hall–Kier alpha value is -1.16. The number of halogens is 1. The predicted molar refractivity (Wildman–Crippen MR) is 114 cm³/mol. The van der Waals surface area contributed by atoms with E-state index in [0.29, 0.717) is 6.54 Å². The van der Waals surface area contributed by atoms with E-state index in [9.17, 15) is 0 Å². The van der Waals surface area contributed by atoms with Crippen molar-refractivity contribution in [2.45, 2.75) is 59.7 Å². The number of aryl methyl sites for hydroxylation is 4. The Morgan fingerprint density at radius 1 is 1.28 bits per heavy atom. The fourth-order valence-corrected chi connectivity index (χ4v) is 3.83. The first-order valence-corrected chi connectivity index (χ1v) is 9.47. The minimum atomic E-state index is 0. The van der Waals surface area contributed by atoms with Gasteiger partial charge in [-0.1, -0.05) is 0 Å². The van der Waals surface area contributed by atoms with Crippen molar-refractivity contribution in [3.63, 3.8) is 0 Å². The van der Waals surface area contributed by atoms with Gasteiger partial charge in [-0.15, -0.1) is 35.3 Å². The Labute approximate surface area is 170 Å². The highest BCUT2D eigenvalue weighted by molar-refractivity contribution is 14.0. The van der Waals surface area contributed by atoms with E-state index < -0.39 is 0 Å². The Morgan fingerprint density at radius 2 is 2.12 bits per heavy atom. The molecule has 25 heavy (non-hydrogen) atoms. The van der Waals surface area contributed by atoms with Gasteiger partial charge >= 0.3 is 0 Å². The highest BCUT2D eigenvalue weighted by Gasteiger charge is 2.12. The van der Waals surface area contributed by atoms with E-state index in [1.54, 1.807) is 11.3 Å². The smallest absolute Gasteiger partial charge is 0.191 e. The van der Waals surface area contributed by atoms with Crippen molar-refractivity contribution < 1.29 is 0 Å². The summed E-state index contributed by atoms with van der Waals surface area (Å²) in [4.78, 5) is 15.1. The molecule has 0 saturated heterocycles. The topological polar surface area (TPSA) is 67.1 Å². The molecular formula is C17H27IN6S. The zero-order valence-electron chi connectivity index (χ0n) is 15.1. The molecule has 0 fully saturated rings. The van der Waals surface area contributed by atoms with Gasteiger partial charge in [0.1, 0.15) is 5.82 Å². The molecule has 0 aliphatic carbocycles. The third-order valence-electron chi connectivity index (χ3n) is 4.12. The van der Waals surface area contributed by atoms with E-state index in [2.05, 4.69) is 45.2 Å². The van der Waals surface area contributed by atoms with Crippen molar-refractivity contribution in [2.24, 2.45) is 4.99 Å². The zero-order chi connectivity index (χ0) is 16.9. The summed E-state index contributed by atoms with van der Waals surface area (Å²) in [7, 11) is 0. The standard InChI is InChI=1S/C17H26N6S.HI/c1-4-18-17(20-10-15-12(2)21-13(3)24-15)19-9-14-11-23-8-6-5-7-16(23)22-14;/h11H,4-10H2,1-3H3,(H2,18,19,20);1H. The van der Waals surface area contributed by atoms with Gasteiger partial charge in [0.05, 0.1) is 29.5 Å². The van der Waals surface area contributed by atoms with Crippen LogP contribution in [0.5, 0.6) is 0 Å². The quantitative estimate of drug-likeness (QED) is 0.397. The van der Waals surface area contributed by atoms with Gasteiger partial charge in [-0.3, -0.25) is 0 Å². The average Bonchev–Trinajstić information content (AvgIpc) is 3.12. The molecule has 6 nitrogen and oxygen atoms in total. The SMILES string of the molecule is CCNC(=NCc1cn2c(n1)CCCC2)NCc1sc(C)nc1C.I. The summed E-state index contributed by atoms with van der Waals surface area (Å²) in [5, 5.41) is 7.80. The van der Waals surface area contributed by atoms with Crippen molar-refractivity contribution in [1.29, 1.82) is 0 Å². The highest BCUT2D eigenvalue weighted by atomic mass is 127. The minimum absolute atomic E-state index is 0. The predicted octanol–water partition coefficient (Wildman–Crippen LogP) is 3.17. The van der Waals surface area contributed by atoms with Crippen LogP contribution >= 0.6 is 35.3 Å². The maximum absolute atomic E-state index is 4.71. The Morgan fingerprint density at radius 3 is 2.80 bits per heavy atom. The number of nitrogens with one attached hydrogen (secondary N) is 2. The van der Waals surface area contributed by atoms with Gasteiger partial charge in [0, 0.05) is 30.6 Å². The van der Waals surface area contributed by atoms with Crippen molar-refractivity contribution >= 4 is 41.3 Å². The van der Waals surface area contributed by atoms with Crippen LogP contribution in [0.15, 0.2) is 11.2 Å². The Balaban J connectivity index is 0.00000225. The van der Waals surface area contributed by atoms with E-state index in [-0.39, 0.29) is 24.0 Å². The van der Waals surface area contributed by atoms with Crippen LogP contribution in [0.25, 0.3) is 0 Å². The summed E-state index contributed by atoms with van der Waals surface area (Å²) in [6.45, 7) is 9.47. The van der Waals surface area contributed by atoms with Gasteiger partial charge in [-0.05, 0) is 33.6 Å². The molecular weight excluding hydrogens is 447 g/mol. The average molecular weight is 474 g/mol. The Bertz CT molecular complexity index is 697. The summed E-state index contributed by atoms with van der Waals surface area (Å²) in [5.41, 5.74) is 2.15. The summed E-state index contributed by atoms with van der Waals surface area (Å²) in [6, 6.07) is 0. The maximum Gasteiger partial charge on any atom is 0.191 e. The van der Waals surface area contributed by atoms with Gasteiger partial charge in [-0.2, -0.15) is 0 Å². The Kier molecular flexibility index (Phi) is 7.67. The van der Waals surface area contributed by atoms with Gasteiger partial charge in [0.15, 0.2) is 5.96 Å². The number of fused-ring (bicyclic) bond motifs is 1. The zero-order valence-corrected chi connectivity index (χ0v) is 18.3. The van der Waals surface area contributed by atoms with Crippen molar-refractivity contribution in [3.05, 3.63) is 33.3 Å². The number of thiazole rings is 1. The van der Waals surface area contributed by atoms with E-state index in [0.717, 1.165) is 48.4 Å². The lowest BCUT2D eigenvalue weighted by Gasteiger charge is -2.11. The molecule has 2 aromatic rings. The molecule has 138 valence electrons. The number of imidazole rings is 1. The molecule has 0 atom stereocenters. The van der Waals surface area contributed by atoms with Crippen LogP contribution in [-0.4, -0.2) is 27.0 Å². The van der Waals surface area contributed by atoms with E-state index in [4.69, 9.17) is 4.98 Å². The van der Waals surface area contributed by atoms with Crippen LogP contribution in [-0.2, 0) is 26.1 Å². The fourth-order valence-electron chi connectivity index (χ4n) is 2.95. The van der Waals surface area contributed by atoms with Crippen LogP contribution in [0.2, 0.25) is 0 Å². The molecule has 1 aliphatic heterocycles. The molecule has 0 spiro atoms. The minimum Gasteiger partial charge on any atom is -0.357 e. The molecule has 0 bridgehead atoms. The number of hydrogen-bond acceptors (Lipinski definition) is 4. The largest absolute Gasteiger partial charge is 0.357 e. The second-order valence-corrected chi connectivity index (χ2v) is 7.38.